The second kappa shape index (κ2) is 10.2. The smallest absolute Gasteiger partial charge is 0.234 e. The lowest BCUT2D eigenvalue weighted by Crippen LogP contribution is -2.15. The van der Waals surface area contributed by atoms with Crippen molar-refractivity contribution in [3.05, 3.63) is 58.1 Å². The molecule has 2 aromatic carbocycles. The van der Waals surface area contributed by atoms with Gasteiger partial charge in [-0.25, -0.2) is 4.39 Å². The molecular weight excluding hydrogens is 466 g/mol. The van der Waals surface area contributed by atoms with E-state index < -0.39 is 11.9 Å². The summed E-state index contributed by atoms with van der Waals surface area (Å²) in [6.45, 7) is 1.77. The quantitative estimate of drug-likeness (QED) is 0.446. The number of hydrogen-bond donors (Lipinski definition) is 1. The lowest BCUT2D eigenvalue weighted by Gasteiger charge is -2.15. The fraction of sp³-hybridized carbons (Fsp3) is 0.250. The molecule has 3 rings (SSSR count). The average molecular weight is 485 g/mol. The molecule has 7 nitrogen and oxygen atoms in total. The van der Waals surface area contributed by atoms with Crippen LogP contribution in [0.1, 0.15) is 18.9 Å². The van der Waals surface area contributed by atoms with Gasteiger partial charge in [0.05, 0.1) is 23.6 Å². The van der Waals surface area contributed by atoms with E-state index in [2.05, 4.69) is 15.5 Å². The fourth-order valence-electron chi connectivity index (χ4n) is 2.71. The van der Waals surface area contributed by atoms with Gasteiger partial charge in [0.25, 0.3) is 0 Å². The van der Waals surface area contributed by atoms with Crippen molar-refractivity contribution < 1.29 is 18.7 Å². The molecule has 1 heterocycles. The average Bonchev–Trinajstić information content (AvgIpc) is 3.09. The molecule has 1 N–H and O–H groups in total. The molecule has 0 fully saturated rings. The van der Waals surface area contributed by atoms with Crippen LogP contribution in [0.5, 0.6) is 11.5 Å². The number of carbonyl (C=O) groups excluding carboxylic acids is 1. The number of nitrogens with one attached hydrogen (secondary N) is 1. The SMILES string of the molecule is COc1ccc(Cl)cc1NC(=O)CSc1nnc(C(C)Oc2ccc(F)cc2Cl)n1C. The van der Waals surface area contributed by atoms with Crippen molar-refractivity contribution in [1.29, 1.82) is 0 Å². The zero-order valence-electron chi connectivity index (χ0n) is 16.9. The monoisotopic (exact) mass is 484 g/mol. The first-order chi connectivity index (χ1) is 14.8. The molecule has 1 unspecified atom stereocenters. The van der Waals surface area contributed by atoms with Gasteiger partial charge in [-0.1, -0.05) is 35.0 Å². The number of methoxy groups -OCH3 is 1. The van der Waals surface area contributed by atoms with Crippen molar-refractivity contribution in [2.45, 2.75) is 18.2 Å². The van der Waals surface area contributed by atoms with Gasteiger partial charge in [-0.3, -0.25) is 4.79 Å². The number of thioether (sulfide) groups is 1. The highest BCUT2D eigenvalue weighted by Gasteiger charge is 2.19. The number of amides is 1. The Balaban J connectivity index is 1.62. The highest BCUT2D eigenvalue weighted by molar-refractivity contribution is 7.99. The summed E-state index contributed by atoms with van der Waals surface area (Å²) in [5.74, 6) is 0.769. The zero-order valence-corrected chi connectivity index (χ0v) is 19.2. The van der Waals surface area contributed by atoms with E-state index in [0.717, 1.165) is 0 Å². The van der Waals surface area contributed by atoms with E-state index in [0.29, 0.717) is 33.2 Å². The summed E-state index contributed by atoms with van der Waals surface area (Å²) in [7, 11) is 3.28. The van der Waals surface area contributed by atoms with Crippen molar-refractivity contribution in [3.63, 3.8) is 0 Å². The number of benzene rings is 2. The molecule has 1 amide bonds. The molecule has 0 aliphatic heterocycles. The van der Waals surface area contributed by atoms with E-state index in [1.165, 1.54) is 37.1 Å². The molecule has 0 aliphatic carbocycles. The molecule has 0 spiro atoms. The first kappa shape index (κ1) is 23.2. The van der Waals surface area contributed by atoms with Crippen LogP contribution < -0.4 is 14.8 Å². The molecule has 0 saturated heterocycles. The Hall–Kier alpha value is -2.49. The van der Waals surface area contributed by atoms with E-state index >= 15 is 0 Å². The van der Waals surface area contributed by atoms with E-state index in [1.807, 2.05) is 0 Å². The summed E-state index contributed by atoms with van der Waals surface area (Å²) in [6.07, 6.45) is -0.501. The first-order valence-electron chi connectivity index (χ1n) is 9.05. The summed E-state index contributed by atoms with van der Waals surface area (Å²) in [6, 6.07) is 8.86. The van der Waals surface area contributed by atoms with Crippen LogP contribution in [0.2, 0.25) is 10.0 Å². The van der Waals surface area contributed by atoms with E-state index in [1.54, 1.807) is 36.7 Å². The third-order valence-corrected chi connectivity index (χ3v) is 5.75. The lowest BCUT2D eigenvalue weighted by atomic mass is 10.3. The number of aromatic nitrogens is 3. The summed E-state index contributed by atoms with van der Waals surface area (Å²) in [5.41, 5.74) is 0.484. The highest BCUT2D eigenvalue weighted by Crippen LogP contribution is 2.30. The van der Waals surface area contributed by atoms with Crippen LogP contribution in [0.3, 0.4) is 0 Å². The van der Waals surface area contributed by atoms with Gasteiger partial charge in [0.1, 0.15) is 17.3 Å². The second-order valence-electron chi connectivity index (χ2n) is 6.42. The Morgan fingerprint density at radius 3 is 2.68 bits per heavy atom. The van der Waals surface area contributed by atoms with E-state index in [4.69, 9.17) is 32.7 Å². The van der Waals surface area contributed by atoms with Crippen molar-refractivity contribution >= 4 is 46.6 Å². The van der Waals surface area contributed by atoms with Gasteiger partial charge in [0, 0.05) is 12.1 Å². The predicted molar refractivity (Wildman–Crippen MR) is 119 cm³/mol. The molecule has 0 radical (unpaired) electrons. The van der Waals surface area contributed by atoms with Gasteiger partial charge < -0.3 is 19.4 Å². The number of hydrogen-bond acceptors (Lipinski definition) is 6. The molecule has 0 aliphatic rings. The van der Waals surface area contributed by atoms with Crippen LogP contribution in [0.4, 0.5) is 10.1 Å². The molecule has 0 bridgehead atoms. The number of nitrogens with zero attached hydrogens (tertiary/aromatic N) is 3. The molecule has 3 aromatic rings. The van der Waals surface area contributed by atoms with E-state index in [9.17, 15) is 9.18 Å². The minimum Gasteiger partial charge on any atom is -0.495 e. The van der Waals surface area contributed by atoms with Crippen molar-refractivity contribution in [2.24, 2.45) is 7.05 Å². The van der Waals surface area contributed by atoms with E-state index in [-0.39, 0.29) is 16.7 Å². The minimum atomic E-state index is -0.501. The number of rotatable bonds is 8. The molecule has 31 heavy (non-hydrogen) atoms. The molecule has 0 saturated carbocycles. The molecule has 164 valence electrons. The third-order valence-electron chi connectivity index (χ3n) is 4.20. The number of anilines is 1. The number of carbonyl (C=O) groups is 1. The first-order valence-corrected chi connectivity index (χ1v) is 10.8. The van der Waals surface area contributed by atoms with Gasteiger partial charge in [-0.15, -0.1) is 10.2 Å². The van der Waals surface area contributed by atoms with Crippen LogP contribution in [0, 0.1) is 5.82 Å². The van der Waals surface area contributed by atoms with Gasteiger partial charge >= 0.3 is 0 Å². The Morgan fingerprint density at radius 1 is 1.23 bits per heavy atom. The summed E-state index contributed by atoms with van der Waals surface area (Å²) < 4.78 is 25.9. The van der Waals surface area contributed by atoms with Crippen LogP contribution in [-0.4, -0.2) is 33.5 Å². The lowest BCUT2D eigenvalue weighted by molar-refractivity contribution is -0.113. The fourth-order valence-corrected chi connectivity index (χ4v) is 3.82. The van der Waals surface area contributed by atoms with Crippen molar-refractivity contribution in [2.75, 3.05) is 18.2 Å². The summed E-state index contributed by atoms with van der Waals surface area (Å²) in [4.78, 5) is 12.4. The minimum absolute atomic E-state index is 0.0979. The molecule has 1 atom stereocenters. The number of ether oxygens (including phenoxy) is 2. The van der Waals surface area contributed by atoms with Gasteiger partial charge in [-0.2, -0.15) is 0 Å². The van der Waals surface area contributed by atoms with Gasteiger partial charge in [0.15, 0.2) is 17.1 Å². The highest BCUT2D eigenvalue weighted by atomic mass is 35.5. The Morgan fingerprint density at radius 2 is 1.97 bits per heavy atom. The molecule has 11 heteroatoms. The normalized spacial score (nSPS) is 11.8. The summed E-state index contributed by atoms with van der Waals surface area (Å²) >= 11 is 13.2. The largest absolute Gasteiger partial charge is 0.495 e. The standard InChI is InChI=1S/C20H19Cl2FN4O3S/c1-11(30-16-7-5-13(23)9-14(16)22)19-25-26-20(27(19)2)31-10-18(28)24-15-8-12(21)4-6-17(15)29-3/h4-9,11H,10H2,1-3H3,(H,24,28). The molecular formula is C20H19Cl2FN4O3S. The van der Waals surface area contributed by atoms with Gasteiger partial charge in [0.2, 0.25) is 5.91 Å². The predicted octanol–water partition coefficient (Wildman–Crippen LogP) is 5.14. The zero-order chi connectivity index (χ0) is 22.5. The third kappa shape index (κ3) is 5.81. The Bertz CT molecular complexity index is 1100. The summed E-state index contributed by atoms with van der Waals surface area (Å²) in [5, 5.41) is 12.2. The maximum Gasteiger partial charge on any atom is 0.234 e. The second-order valence-corrected chi connectivity index (χ2v) is 8.20. The van der Waals surface area contributed by atoms with Crippen molar-refractivity contribution in [3.8, 4) is 11.5 Å². The van der Waals surface area contributed by atoms with Crippen molar-refractivity contribution in [1.82, 2.24) is 14.8 Å². The van der Waals surface area contributed by atoms with Crippen LogP contribution in [0.25, 0.3) is 0 Å². The maximum atomic E-state index is 13.2. The molecule has 1 aromatic heterocycles. The van der Waals surface area contributed by atoms with Crippen LogP contribution >= 0.6 is 35.0 Å². The van der Waals surface area contributed by atoms with Crippen LogP contribution in [-0.2, 0) is 11.8 Å². The Labute approximate surface area is 192 Å². The number of halogens is 3. The maximum absolute atomic E-state index is 13.2. The van der Waals surface area contributed by atoms with Gasteiger partial charge in [-0.05, 0) is 43.3 Å². The van der Waals surface area contributed by atoms with Crippen LogP contribution in [0.15, 0.2) is 41.6 Å². The Kier molecular flexibility index (Phi) is 7.64. The topological polar surface area (TPSA) is 78.3 Å².